The third-order valence-corrected chi connectivity index (χ3v) is 4.21. The van der Waals surface area contributed by atoms with E-state index in [1.54, 1.807) is 0 Å². The van der Waals surface area contributed by atoms with E-state index in [1.807, 2.05) is 0 Å². The van der Waals surface area contributed by atoms with Crippen LogP contribution in [0.1, 0.15) is 82.0 Å². The van der Waals surface area contributed by atoms with Gasteiger partial charge in [0.05, 0.1) is 12.2 Å². The van der Waals surface area contributed by atoms with Gasteiger partial charge in [-0.05, 0) is 24.5 Å². The molecule has 0 saturated heterocycles. The maximum absolute atomic E-state index is 11.8. The van der Waals surface area contributed by atoms with Crippen molar-refractivity contribution in [3.05, 3.63) is 17.7 Å². The SMILES string of the molecule is CC(C)CCCCCCCCCCOC(=O)c1cc(O)c(O)c(O)c1. The second-order valence-electron chi connectivity index (χ2n) is 7.01. The first-order chi connectivity index (χ1) is 11.9. The van der Waals surface area contributed by atoms with Crippen molar-refractivity contribution in [1.29, 1.82) is 0 Å². The second kappa shape index (κ2) is 11.6. The number of hydrogen-bond donors (Lipinski definition) is 3. The summed E-state index contributed by atoms with van der Waals surface area (Å²) in [6.45, 7) is 4.84. The molecule has 3 N–H and O–H groups in total. The fraction of sp³-hybridized carbons (Fsp3) is 0.650. The average Bonchev–Trinajstić information content (AvgIpc) is 2.56. The van der Waals surface area contributed by atoms with E-state index in [2.05, 4.69) is 13.8 Å². The summed E-state index contributed by atoms with van der Waals surface area (Å²) in [5.41, 5.74) is 0.0224. The number of carbonyl (C=O) groups excluding carboxylic acids is 1. The van der Waals surface area contributed by atoms with Gasteiger partial charge in [-0.2, -0.15) is 0 Å². The van der Waals surface area contributed by atoms with Gasteiger partial charge in [-0.25, -0.2) is 4.79 Å². The molecule has 0 aliphatic rings. The molecule has 5 nitrogen and oxygen atoms in total. The zero-order valence-corrected chi connectivity index (χ0v) is 15.5. The highest BCUT2D eigenvalue weighted by Crippen LogP contribution is 2.35. The Balaban J connectivity index is 2.05. The third kappa shape index (κ3) is 8.66. The lowest BCUT2D eigenvalue weighted by Gasteiger charge is -2.07. The maximum atomic E-state index is 11.8. The Hall–Kier alpha value is -1.91. The van der Waals surface area contributed by atoms with Crippen LogP contribution in [0.5, 0.6) is 17.2 Å². The number of hydrogen-bond acceptors (Lipinski definition) is 5. The van der Waals surface area contributed by atoms with E-state index in [4.69, 9.17) is 4.74 Å². The van der Waals surface area contributed by atoms with Gasteiger partial charge in [0.25, 0.3) is 0 Å². The number of aromatic hydroxyl groups is 3. The number of carbonyl (C=O) groups is 1. The molecule has 25 heavy (non-hydrogen) atoms. The van der Waals surface area contributed by atoms with Gasteiger partial charge in [-0.15, -0.1) is 0 Å². The molecule has 1 aromatic carbocycles. The highest BCUT2D eigenvalue weighted by atomic mass is 16.5. The Bertz CT molecular complexity index is 502. The van der Waals surface area contributed by atoms with E-state index in [1.165, 1.54) is 38.5 Å². The largest absolute Gasteiger partial charge is 0.504 e. The molecule has 0 aliphatic carbocycles. The number of phenols is 3. The standard InChI is InChI=1S/C20H32O5/c1-15(2)11-9-7-5-3-4-6-8-10-12-25-20(24)16-13-17(21)19(23)18(22)14-16/h13-15,21-23H,3-12H2,1-2H3. The summed E-state index contributed by atoms with van der Waals surface area (Å²) in [6, 6.07) is 2.16. The molecule has 0 bridgehead atoms. The molecule has 0 amide bonds. The summed E-state index contributed by atoms with van der Waals surface area (Å²) < 4.78 is 5.12. The number of phenolic OH excluding ortho intramolecular Hbond substituents is 3. The van der Waals surface area contributed by atoms with Gasteiger partial charge >= 0.3 is 5.97 Å². The molecule has 0 fully saturated rings. The van der Waals surface area contributed by atoms with Gasteiger partial charge in [0.1, 0.15) is 0 Å². The van der Waals surface area contributed by atoms with Crippen molar-refractivity contribution >= 4 is 5.97 Å². The second-order valence-corrected chi connectivity index (χ2v) is 7.01. The highest BCUT2D eigenvalue weighted by molar-refractivity contribution is 5.91. The molecule has 0 radical (unpaired) electrons. The summed E-state index contributed by atoms with van der Waals surface area (Å²) in [7, 11) is 0. The number of esters is 1. The van der Waals surface area contributed by atoms with Crippen molar-refractivity contribution in [2.45, 2.75) is 71.6 Å². The number of benzene rings is 1. The minimum Gasteiger partial charge on any atom is -0.504 e. The number of unbranched alkanes of at least 4 members (excludes halogenated alkanes) is 7. The van der Waals surface area contributed by atoms with Gasteiger partial charge in [0.2, 0.25) is 0 Å². The molecule has 0 heterocycles. The molecule has 1 rings (SSSR count). The molecule has 142 valence electrons. The molecular formula is C20H32O5. The molecule has 1 aromatic rings. The van der Waals surface area contributed by atoms with E-state index in [0.717, 1.165) is 37.3 Å². The maximum Gasteiger partial charge on any atom is 0.338 e. The van der Waals surface area contributed by atoms with Crippen molar-refractivity contribution in [1.82, 2.24) is 0 Å². The zero-order chi connectivity index (χ0) is 18.7. The van der Waals surface area contributed by atoms with Gasteiger partial charge in [-0.3, -0.25) is 0 Å². The van der Waals surface area contributed by atoms with Crippen LogP contribution in [-0.2, 0) is 4.74 Å². The van der Waals surface area contributed by atoms with Gasteiger partial charge < -0.3 is 20.1 Å². The Morgan fingerprint density at radius 2 is 1.36 bits per heavy atom. The molecular weight excluding hydrogens is 320 g/mol. The smallest absolute Gasteiger partial charge is 0.338 e. The molecule has 0 unspecified atom stereocenters. The van der Waals surface area contributed by atoms with Crippen LogP contribution in [0, 0.1) is 5.92 Å². The van der Waals surface area contributed by atoms with Crippen LogP contribution >= 0.6 is 0 Å². The highest BCUT2D eigenvalue weighted by Gasteiger charge is 2.14. The fourth-order valence-electron chi connectivity index (χ4n) is 2.69. The van der Waals surface area contributed by atoms with Gasteiger partial charge in [0, 0.05) is 0 Å². The molecule has 0 saturated carbocycles. The Labute approximate surface area is 150 Å². The van der Waals surface area contributed by atoms with E-state index >= 15 is 0 Å². The fourth-order valence-corrected chi connectivity index (χ4v) is 2.69. The predicted octanol–water partition coefficient (Wildman–Crippen LogP) is 5.13. The molecule has 0 spiro atoms. The lowest BCUT2D eigenvalue weighted by molar-refractivity contribution is 0.0496. The topological polar surface area (TPSA) is 87.0 Å². The van der Waals surface area contributed by atoms with E-state index < -0.39 is 23.2 Å². The Morgan fingerprint density at radius 3 is 1.88 bits per heavy atom. The van der Waals surface area contributed by atoms with Crippen molar-refractivity contribution in [3.63, 3.8) is 0 Å². The van der Waals surface area contributed by atoms with Gasteiger partial charge in [0.15, 0.2) is 17.2 Å². The lowest BCUT2D eigenvalue weighted by atomic mass is 10.0. The quantitative estimate of drug-likeness (QED) is 0.276. The van der Waals surface area contributed by atoms with E-state index in [-0.39, 0.29) is 5.56 Å². The Kier molecular flexibility index (Phi) is 9.81. The average molecular weight is 352 g/mol. The summed E-state index contributed by atoms with van der Waals surface area (Å²) in [4.78, 5) is 11.8. The molecule has 0 aliphatic heterocycles. The summed E-state index contributed by atoms with van der Waals surface area (Å²) in [5.74, 6) is -1.53. The monoisotopic (exact) mass is 352 g/mol. The van der Waals surface area contributed by atoms with Crippen LogP contribution < -0.4 is 0 Å². The van der Waals surface area contributed by atoms with Crippen molar-refractivity contribution in [3.8, 4) is 17.2 Å². The van der Waals surface area contributed by atoms with Crippen molar-refractivity contribution in [2.24, 2.45) is 5.92 Å². The normalized spacial score (nSPS) is 11.0. The Morgan fingerprint density at radius 1 is 0.880 bits per heavy atom. The van der Waals surface area contributed by atoms with Crippen molar-refractivity contribution in [2.75, 3.05) is 6.61 Å². The van der Waals surface area contributed by atoms with E-state index in [9.17, 15) is 20.1 Å². The molecule has 0 atom stereocenters. The summed E-state index contributed by atoms with van der Waals surface area (Å²) >= 11 is 0. The summed E-state index contributed by atoms with van der Waals surface area (Å²) in [5, 5.41) is 28.0. The minimum absolute atomic E-state index is 0.0224. The minimum atomic E-state index is -0.638. The molecule has 0 aromatic heterocycles. The first-order valence-corrected chi connectivity index (χ1v) is 9.34. The summed E-state index contributed by atoms with van der Waals surface area (Å²) in [6.07, 6.45) is 10.7. The van der Waals surface area contributed by atoms with Gasteiger partial charge in [-0.1, -0.05) is 65.2 Å². The van der Waals surface area contributed by atoms with E-state index in [0.29, 0.717) is 6.61 Å². The number of ether oxygens (including phenoxy) is 1. The first-order valence-electron chi connectivity index (χ1n) is 9.34. The van der Waals surface area contributed by atoms with Crippen LogP contribution in [0.15, 0.2) is 12.1 Å². The van der Waals surface area contributed by atoms with Crippen LogP contribution in [0.3, 0.4) is 0 Å². The predicted molar refractivity (Wildman–Crippen MR) is 98.1 cm³/mol. The van der Waals surface area contributed by atoms with Crippen molar-refractivity contribution < 1.29 is 24.9 Å². The zero-order valence-electron chi connectivity index (χ0n) is 15.5. The first kappa shape index (κ1) is 21.1. The van der Waals surface area contributed by atoms with Crippen LogP contribution in [0.25, 0.3) is 0 Å². The lowest BCUT2D eigenvalue weighted by Crippen LogP contribution is -2.06. The number of rotatable bonds is 12. The van der Waals surface area contributed by atoms with Crippen LogP contribution in [0.2, 0.25) is 0 Å². The molecule has 5 heteroatoms. The third-order valence-electron chi connectivity index (χ3n) is 4.21. The van der Waals surface area contributed by atoms with Crippen LogP contribution in [0.4, 0.5) is 0 Å². The van der Waals surface area contributed by atoms with Crippen LogP contribution in [-0.4, -0.2) is 27.9 Å².